The van der Waals surface area contributed by atoms with E-state index in [1.807, 2.05) is 6.92 Å². The molecule has 0 aromatic heterocycles. The molecule has 0 spiro atoms. The van der Waals surface area contributed by atoms with Crippen molar-refractivity contribution in [2.45, 2.75) is 40.0 Å². The predicted octanol–water partition coefficient (Wildman–Crippen LogP) is 1.95. The van der Waals surface area contributed by atoms with Crippen molar-refractivity contribution < 1.29 is 9.53 Å². The average molecular weight is 201 g/mol. The standard InChI is InChI=1S/C11H23NO2/c1-4-14-11(13)6-5-10(7-8-12)9(2)3/h9-10H,4-8,12H2,1-3H3. The van der Waals surface area contributed by atoms with Crippen molar-refractivity contribution in [3.05, 3.63) is 0 Å². The van der Waals surface area contributed by atoms with Crippen LogP contribution in [0.4, 0.5) is 0 Å². The van der Waals surface area contributed by atoms with Crippen molar-refractivity contribution in [3.8, 4) is 0 Å². The highest BCUT2D eigenvalue weighted by Gasteiger charge is 2.14. The lowest BCUT2D eigenvalue weighted by Crippen LogP contribution is -2.16. The maximum absolute atomic E-state index is 11.1. The molecular formula is C11H23NO2. The van der Waals surface area contributed by atoms with Crippen LogP contribution >= 0.6 is 0 Å². The first-order valence-corrected chi connectivity index (χ1v) is 5.47. The molecule has 14 heavy (non-hydrogen) atoms. The summed E-state index contributed by atoms with van der Waals surface area (Å²) < 4.78 is 4.88. The van der Waals surface area contributed by atoms with Gasteiger partial charge in [-0.15, -0.1) is 0 Å². The second kappa shape index (κ2) is 7.80. The summed E-state index contributed by atoms with van der Waals surface area (Å²) >= 11 is 0. The van der Waals surface area contributed by atoms with E-state index in [0.29, 0.717) is 31.4 Å². The van der Waals surface area contributed by atoms with Gasteiger partial charge in [-0.2, -0.15) is 0 Å². The Kier molecular flexibility index (Phi) is 7.48. The van der Waals surface area contributed by atoms with Crippen LogP contribution in [0.2, 0.25) is 0 Å². The Hall–Kier alpha value is -0.570. The largest absolute Gasteiger partial charge is 0.466 e. The zero-order valence-corrected chi connectivity index (χ0v) is 9.58. The van der Waals surface area contributed by atoms with Crippen molar-refractivity contribution in [1.29, 1.82) is 0 Å². The Bertz CT molecular complexity index is 157. The number of ether oxygens (including phenoxy) is 1. The van der Waals surface area contributed by atoms with Crippen molar-refractivity contribution in [2.75, 3.05) is 13.2 Å². The van der Waals surface area contributed by atoms with Crippen LogP contribution in [0, 0.1) is 11.8 Å². The second-order valence-corrected chi connectivity index (χ2v) is 3.93. The zero-order valence-electron chi connectivity index (χ0n) is 9.58. The van der Waals surface area contributed by atoms with E-state index in [1.165, 1.54) is 0 Å². The fourth-order valence-electron chi connectivity index (χ4n) is 1.56. The monoisotopic (exact) mass is 201 g/mol. The molecule has 3 nitrogen and oxygen atoms in total. The van der Waals surface area contributed by atoms with Crippen LogP contribution in [0.5, 0.6) is 0 Å². The Morgan fingerprint density at radius 3 is 2.43 bits per heavy atom. The molecule has 84 valence electrons. The molecule has 0 rings (SSSR count). The predicted molar refractivity (Wildman–Crippen MR) is 57.9 cm³/mol. The van der Waals surface area contributed by atoms with E-state index in [2.05, 4.69) is 13.8 Å². The maximum atomic E-state index is 11.1. The summed E-state index contributed by atoms with van der Waals surface area (Å²) in [5.41, 5.74) is 5.52. The van der Waals surface area contributed by atoms with E-state index < -0.39 is 0 Å². The maximum Gasteiger partial charge on any atom is 0.305 e. The van der Waals surface area contributed by atoms with Crippen LogP contribution in [0.25, 0.3) is 0 Å². The summed E-state index contributed by atoms with van der Waals surface area (Å²) in [7, 11) is 0. The lowest BCUT2D eigenvalue weighted by molar-refractivity contribution is -0.143. The molecule has 0 aliphatic carbocycles. The second-order valence-electron chi connectivity index (χ2n) is 3.93. The third-order valence-electron chi connectivity index (χ3n) is 2.50. The molecule has 3 heteroatoms. The molecule has 0 saturated carbocycles. The molecule has 0 amide bonds. The number of carbonyl (C=O) groups excluding carboxylic acids is 1. The van der Waals surface area contributed by atoms with Gasteiger partial charge in [0.15, 0.2) is 0 Å². The van der Waals surface area contributed by atoms with Gasteiger partial charge in [-0.05, 0) is 38.1 Å². The highest BCUT2D eigenvalue weighted by molar-refractivity contribution is 5.69. The molecular weight excluding hydrogens is 178 g/mol. The lowest BCUT2D eigenvalue weighted by Gasteiger charge is -2.19. The van der Waals surface area contributed by atoms with E-state index in [-0.39, 0.29) is 5.97 Å². The molecule has 1 atom stereocenters. The van der Waals surface area contributed by atoms with Crippen LogP contribution in [-0.4, -0.2) is 19.1 Å². The molecule has 0 aromatic carbocycles. The first-order chi connectivity index (χ1) is 6.61. The summed E-state index contributed by atoms with van der Waals surface area (Å²) in [4.78, 5) is 11.1. The zero-order chi connectivity index (χ0) is 11.0. The van der Waals surface area contributed by atoms with Gasteiger partial charge in [-0.3, -0.25) is 4.79 Å². The summed E-state index contributed by atoms with van der Waals surface area (Å²) in [6.45, 7) is 7.35. The van der Waals surface area contributed by atoms with Crippen LogP contribution in [0.3, 0.4) is 0 Å². The summed E-state index contributed by atoms with van der Waals surface area (Å²) in [6.07, 6.45) is 2.42. The van der Waals surface area contributed by atoms with E-state index in [4.69, 9.17) is 10.5 Å². The first kappa shape index (κ1) is 13.4. The third kappa shape index (κ3) is 5.97. The molecule has 0 radical (unpaired) electrons. The van der Waals surface area contributed by atoms with Crippen molar-refractivity contribution in [2.24, 2.45) is 17.6 Å². The summed E-state index contributed by atoms with van der Waals surface area (Å²) in [5, 5.41) is 0. The van der Waals surface area contributed by atoms with Gasteiger partial charge in [0.2, 0.25) is 0 Å². The number of rotatable bonds is 7. The van der Waals surface area contributed by atoms with Gasteiger partial charge in [0.1, 0.15) is 0 Å². The van der Waals surface area contributed by atoms with Crippen molar-refractivity contribution >= 4 is 5.97 Å². The van der Waals surface area contributed by atoms with Gasteiger partial charge < -0.3 is 10.5 Å². The highest BCUT2D eigenvalue weighted by Crippen LogP contribution is 2.20. The van der Waals surface area contributed by atoms with E-state index >= 15 is 0 Å². The molecule has 1 unspecified atom stereocenters. The Morgan fingerprint density at radius 2 is 2.00 bits per heavy atom. The fourth-order valence-corrected chi connectivity index (χ4v) is 1.56. The number of nitrogens with two attached hydrogens (primary N) is 1. The molecule has 0 saturated heterocycles. The fraction of sp³-hybridized carbons (Fsp3) is 0.909. The SMILES string of the molecule is CCOC(=O)CCC(CCN)C(C)C. The van der Waals surface area contributed by atoms with Gasteiger partial charge in [0, 0.05) is 6.42 Å². The minimum Gasteiger partial charge on any atom is -0.466 e. The Labute approximate surface area is 87.0 Å². The molecule has 2 N–H and O–H groups in total. The number of carbonyl (C=O) groups is 1. The normalized spacial score (nSPS) is 12.9. The minimum atomic E-state index is -0.0878. The molecule has 0 aliphatic heterocycles. The topological polar surface area (TPSA) is 52.3 Å². The number of hydrogen-bond acceptors (Lipinski definition) is 3. The van der Waals surface area contributed by atoms with Crippen molar-refractivity contribution in [3.63, 3.8) is 0 Å². The van der Waals surface area contributed by atoms with Crippen LogP contribution < -0.4 is 5.73 Å². The van der Waals surface area contributed by atoms with Crippen LogP contribution in [-0.2, 0) is 9.53 Å². The van der Waals surface area contributed by atoms with Gasteiger partial charge in [-0.25, -0.2) is 0 Å². The Morgan fingerprint density at radius 1 is 1.36 bits per heavy atom. The minimum absolute atomic E-state index is 0.0878. The summed E-state index contributed by atoms with van der Waals surface area (Å²) in [5.74, 6) is 1.05. The van der Waals surface area contributed by atoms with Crippen molar-refractivity contribution in [1.82, 2.24) is 0 Å². The quantitative estimate of drug-likeness (QED) is 0.640. The average Bonchev–Trinajstić information content (AvgIpc) is 2.12. The highest BCUT2D eigenvalue weighted by atomic mass is 16.5. The summed E-state index contributed by atoms with van der Waals surface area (Å²) in [6, 6.07) is 0. The van der Waals surface area contributed by atoms with Gasteiger partial charge in [0.25, 0.3) is 0 Å². The number of hydrogen-bond donors (Lipinski definition) is 1. The molecule has 0 aromatic rings. The van der Waals surface area contributed by atoms with Crippen LogP contribution in [0.1, 0.15) is 40.0 Å². The van der Waals surface area contributed by atoms with E-state index in [0.717, 1.165) is 12.8 Å². The molecule has 0 heterocycles. The van der Waals surface area contributed by atoms with Gasteiger partial charge >= 0.3 is 5.97 Å². The van der Waals surface area contributed by atoms with E-state index in [9.17, 15) is 4.79 Å². The molecule has 0 bridgehead atoms. The molecule has 0 aliphatic rings. The Balaban J connectivity index is 3.75. The van der Waals surface area contributed by atoms with E-state index in [1.54, 1.807) is 0 Å². The van der Waals surface area contributed by atoms with Gasteiger partial charge in [0.05, 0.1) is 6.61 Å². The van der Waals surface area contributed by atoms with Gasteiger partial charge in [-0.1, -0.05) is 13.8 Å². The third-order valence-corrected chi connectivity index (χ3v) is 2.50. The van der Waals surface area contributed by atoms with Crippen LogP contribution in [0.15, 0.2) is 0 Å². The first-order valence-electron chi connectivity index (χ1n) is 5.47. The smallest absolute Gasteiger partial charge is 0.305 e. The lowest BCUT2D eigenvalue weighted by atomic mass is 9.88. The molecule has 0 fully saturated rings. The number of esters is 1.